The van der Waals surface area contributed by atoms with E-state index in [2.05, 4.69) is 47.7 Å². The maximum atomic E-state index is 11.0. The van der Waals surface area contributed by atoms with Crippen LogP contribution in [0.5, 0.6) is 5.75 Å². The van der Waals surface area contributed by atoms with E-state index in [1.807, 2.05) is 6.92 Å². The van der Waals surface area contributed by atoms with E-state index in [1.54, 1.807) is 7.05 Å². The normalized spacial score (nSPS) is 12.8. The number of benzene rings is 1. The molecule has 0 fully saturated rings. The Morgan fingerprint density at radius 1 is 1.25 bits per heavy atom. The maximum Gasteiger partial charge on any atom is 0.191 e. The van der Waals surface area contributed by atoms with Crippen LogP contribution in [-0.2, 0) is 21.1 Å². The lowest BCUT2D eigenvalue weighted by molar-refractivity contribution is 0.154. The molecule has 1 atom stereocenters. The molecule has 0 bridgehead atoms. The molecule has 1 unspecified atom stereocenters. The fourth-order valence-electron chi connectivity index (χ4n) is 2.17. The Hall–Kier alpha value is -1.07. The SMILES string of the molecule is CCC(C)Oc1cc(C)ccc1CNC(=NC)NCCOCCS(C)(=O)=O.I. The summed E-state index contributed by atoms with van der Waals surface area (Å²) in [7, 11) is -1.28. The summed E-state index contributed by atoms with van der Waals surface area (Å²) in [5.74, 6) is 1.57. The summed E-state index contributed by atoms with van der Waals surface area (Å²) in [4.78, 5) is 4.19. The molecular formula is C19H34IN3O4S. The van der Waals surface area contributed by atoms with Crippen LogP contribution in [0.25, 0.3) is 0 Å². The van der Waals surface area contributed by atoms with Crippen LogP contribution in [0.3, 0.4) is 0 Å². The van der Waals surface area contributed by atoms with Crippen molar-refractivity contribution in [1.29, 1.82) is 0 Å². The van der Waals surface area contributed by atoms with Crippen LogP contribution in [0, 0.1) is 6.92 Å². The van der Waals surface area contributed by atoms with Gasteiger partial charge >= 0.3 is 0 Å². The van der Waals surface area contributed by atoms with Gasteiger partial charge in [0.05, 0.1) is 25.1 Å². The first-order valence-electron chi connectivity index (χ1n) is 9.21. The van der Waals surface area contributed by atoms with Crippen molar-refractivity contribution in [3.63, 3.8) is 0 Å². The van der Waals surface area contributed by atoms with Gasteiger partial charge in [-0.3, -0.25) is 4.99 Å². The molecule has 2 N–H and O–H groups in total. The number of halogens is 1. The summed E-state index contributed by atoms with van der Waals surface area (Å²) in [6, 6.07) is 6.17. The Kier molecular flexibility index (Phi) is 13.5. The van der Waals surface area contributed by atoms with Crippen molar-refractivity contribution in [1.82, 2.24) is 10.6 Å². The zero-order valence-corrected chi connectivity index (χ0v) is 20.6. The highest BCUT2D eigenvalue weighted by atomic mass is 127. The minimum absolute atomic E-state index is 0. The van der Waals surface area contributed by atoms with Gasteiger partial charge in [0, 0.05) is 32.0 Å². The highest BCUT2D eigenvalue weighted by molar-refractivity contribution is 14.0. The molecule has 0 aromatic heterocycles. The minimum Gasteiger partial charge on any atom is -0.490 e. The molecule has 7 nitrogen and oxygen atoms in total. The molecule has 1 aromatic rings. The third kappa shape index (κ3) is 11.7. The van der Waals surface area contributed by atoms with Crippen LogP contribution in [0.4, 0.5) is 0 Å². The molecular weight excluding hydrogens is 493 g/mol. The van der Waals surface area contributed by atoms with Crippen LogP contribution in [0.2, 0.25) is 0 Å². The molecule has 162 valence electrons. The molecule has 1 rings (SSSR count). The molecule has 1 aromatic carbocycles. The molecule has 0 spiro atoms. The molecule has 0 saturated carbocycles. The van der Waals surface area contributed by atoms with Crippen LogP contribution < -0.4 is 15.4 Å². The Bertz CT molecular complexity index is 711. The average molecular weight is 527 g/mol. The van der Waals surface area contributed by atoms with E-state index in [1.165, 1.54) is 6.26 Å². The number of aliphatic imine (C=N–C) groups is 1. The van der Waals surface area contributed by atoms with Crippen molar-refractivity contribution in [2.45, 2.75) is 39.8 Å². The van der Waals surface area contributed by atoms with Gasteiger partial charge in [0.25, 0.3) is 0 Å². The second-order valence-electron chi connectivity index (χ2n) is 6.54. The van der Waals surface area contributed by atoms with Crippen LogP contribution >= 0.6 is 24.0 Å². The van der Waals surface area contributed by atoms with Gasteiger partial charge in [0.2, 0.25) is 0 Å². The van der Waals surface area contributed by atoms with E-state index in [0.29, 0.717) is 25.7 Å². The Labute approximate surface area is 186 Å². The predicted molar refractivity (Wildman–Crippen MR) is 126 cm³/mol. The summed E-state index contributed by atoms with van der Waals surface area (Å²) in [6.45, 7) is 7.93. The van der Waals surface area contributed by atoms with Gasteiger partial charge in [0.1, 0.15) is 15.6 Å². The van der Waals surface area contributed by atoms with Gasteiger partial charge in [-0.1, -0.05) is 19.1 Å². The number of nitrogens with one attached hydrogen (secondary N) is 2. The number of aryl methyl sites for hydroxylation is 1. The Morgan fingerprint density at radius 3 is 2.57 bits per heavy atom. The largest absolute Gasteiger partial charge is 0.490 e. The highest BCUT2D eigenvalue weighted by Gasteiger charge is 2.09. The zero-order chi connectivity index (χ0) is 20.3. The topological polar surface area (TPSA) is 89.0 Å². The fraction of sp³-hybridized carbons (Fsp3) is 0.632. The number of guanidine groups is 1. The fourth-order valence-corrected chi connectivity index (χ4v) is 2.59. The molecule has 28 heavy (non-hydrogen) atoms. The number of rotatable bonds is 11. The highest BCUT2D eigenvalue weighted by Crippen LogP contribution is 2.22. The van der Waals surface area contributed by atoms with E-state index in [0.717, 1.165) is 23.3 Å². The summed E-state index contributed by atoms with van der Waals surface area (Å²) in [5.41, 5.74) is 2.22. The standard InChI is InChI=1S/C19H33N3O4S.HI/c1-6-16(3)26-18-13-15(2)7-8-17(18)14-22-19(20-4)21-9-10-25-11-12-27(5,23)24;/h7-8,13,16H,6,9-12,14H2,1-5H3,(H2,20,21,22);1H. The summed E-state index contributed by atoms with van der Waals surface area (Å²) >= 11 is 0. The van der Waals surface area contributed by atoms with Gasteiger partial charge in [-0.25, -0.2) is 8.42 Å². The van der Waals surface area contributed by atoms with Crippen molar-refractivity contribution in [3.05, 3.63) is 29.3 Å². The summed E-state index contributed by atoms with van der Waals surface area (Å²) in [6.07, 6.45) is 2.31. The first-order chi connectivity index (χ1) is 12.7. The smallest absolute Gasteiger partial charge is 0.191 e. The van der Waals surface area contributed by atoms with E-state index < -0.39 is 9.84 Å². The van der Waals surface area contributed by atoms with Crippen molar-refractivity contribution >= 4 is 39.8 Å². The first kappa shape index (κ1) is 26.9. The lowest BCUT2D eigenvalue weighted by Gasteiger charge is -2.18. The number of hydrogen-bond acceptors (Lipinski definition) is 5. The molecule has 0 amide bonds. The van der Waals surface area contributed by atoms with Gasteiger partial charge in [-0.15, -0.1) is 24.0 Å². The van der Waals surface area contributed by atoms with Crippen molar-refractivity contribution in [2.24, 2.45) is 4.99 Å². The summed E-state index contributed by atoms with van der Waals surface area (Å²) < 4.78 is 33.4. The van der Waals surface area contributed by atoms with Gasteiger partial charge in [-0.05, 0) is 31.9 Å². The van der Waals surface area contributed by atoms with E-state index in [9.17, 15) is 8.42 Å². The molecule has 0 saturated heterocycles. The molecule has 9 heteroatoms. The molecule has 0 aliphatic heterocycles. The first-order valence-corrected chi connectivity index (χ1v) is 11.3. The second kappa shape index (κ2) is 14.0. The maximum absolute atomic E-state index is 11.0. The van der Waals surface area contributed by atoms with E-state index in [-0.39, 0.29) is 42.4 Å². The average Bonchev–Trinajstić information content (AvgIpc) is 2.60. The summed E-state index contributed by atoms with van der Waals surface area (Å²) in [5, 5.41) is 6.40. The van der Waals surface area contributed by atoms with Crippen LogP contribution in [0.1, 0.15) is 31.4 Å². The van der Waals surface area contributed by atoms with Crippen LogP contribution in [-0.4, -0.2) is 59.3 Å². The van der Waals surface area contributed by atoms with Gasteiger partial charge in [0.15, 0.2) is 5.96 Å². The number of sulfone groups is 1. The van der Waals surface area contributed by atoms with Crippen molar-refractivity contribution < 1.29 is 17.9 Å². The third-order valence-corrected chi connectivity index (χ3v) is 4.84. The van der Waals surface area contributed by atoms with Gasteiger partial charge < -0.3 is 20.1 Å². The molecule has 0 heterocycles. The van der Waals surface area contributed by atoms with Gasteiger partial charge in [-0.2, -0.15) is 0 Å². The number of nitrogens with zero attached hydrogens (tertiary/aromatic N) is 1. The Morgan fingerprint density at radius 2 is 1.96 bits per heavy atom. The monoisotopic (exact) mass is 527 g/mol. The van der Waals surface area contributed by atoms with Crippen molar-refractivity contribution in [2.75, 3.05) is 38.8 Å². The zero-order valence-electron chi connectivity index (χ0n) is 17.4. The quantitative estimate of drug-likeness (QED) is 0.199. The number of ether oxygens (including phenoxy) is 2. The lowest BCUT2D eigenvalue weighted by atomic mass is 10.1. The predicted octanol–water partition coefficient (Wildman–Crippen LogP) is 2.52. The Balaban J connectivity index is 0.00000729. The number of hydrogen-bond donors (Lipinski definition) is 2. The molecule has 0 aliphatic carbocycles. The minimum atomic E-state index is -2.98. The van der Waals surface area contributed by atoms with Crippen LogP contribution in [0.15, 0.2) is 23.2 Å². The van der Waals surface area contributed by atoms with E-state index >= 15 is 0 Å². The molecule has 0 aliphatic rings. The van der Waals surface area contributed by atoms with E-state index in [4.69, 9.17) is 9.47 Å². The third-order valence-electron chi connectivity index (χ3n) is 3.93. The molecule has 0 radical (unpaired) electrons. The van der Waals surface area contributed by atoms with Crippen molar-refractivity contribution in [3.8, 4) is 5.75 Å². The lowest BCUT2D eigenvalue weighted by Crippen LogP contribution is -2.38. The second-order valence-corrected chi connectivity index (χ2v) is 8.80.